The number of amidine groups is 1. The van der Waals surface area contributed by atoms with Crippen molar-refractivity contribution in [2.75, 3.05) is 0 Å². The Kier molecular flexibility index (Phi) is 3.88. The van der Waals surface area contributed by atoms with Crippen LogP contribution >= 0.6 is 23.8 Å². The van der Waals surface area contributed by atoms with E-state index in [2.05, 4.69) is 5.10 Å². The summed E-state index contributed by atoms with van der Waals surface area (Å²) < 4.78 is 0. The van der Waals surface area contributed by atoms with Crippen molar-refractivity contribution in [3.8, 4) is 0 Å². The van der Waals surface area contributed by atoms with Gasteiger partial charge in [0.15, 0.2) is 17.1 Å². The molecule has 0 bridgehead atoms. The van der Waals surface area contributed by atoms with E-state index in [4.69, 9.17) is 23.8 Å². The molecule has 0 aliphatic carbocycles. The maximum atomic E-state index is 12.1. The zero-order chi connectivity index (χ0) is 17.8. The van der Waals surface area contributed by atoms with E-state index in [-0.39, 0.29) is 11.8 Å². The topological polar surface area (TPSA) is 56.2 Å². The molecule has 1 aromatic carbocycles. The number of carbonyl (C=O) groups is 2. The van der Waals surface area contributed by atoms with Crippen molar-refractivity contribution in [3.05, 3.63) is 34.9 Å². The maximum Gasteiger partial charge on any atom is 0.241 e. The van der Waals surface area contributed by atoms with Crippen LogP contribution in [0.5, 0.6) is 0 Å². The molecule has 2 amide bonds. The van der Waals surface area contributed by atoms with Crippen LogP contribution in [0.4, 0.5) is 0 Å². The first-order valence-corrected chi connectivity index (χ1v) is 8.24. The number of hydrogen-bond donors (Lipinski definition) is 0. The summed E-state index contributed by atoms with van der Waals surface area (Å²) in [5.41, 5.74) is -0.0382. The number of halogens is 1. The van der Waals surface area contributed by atoms with Gasteiger partial charge in [0.1, 0.15) is 5.54 Å². The van der Waals surface area contributed by atoms with Crippen LogP contribution in [0.1, 0.15) is 39.4 Å². The molecule has 2 aliphatic heterocycles. The highest BCUT2D eigenvalue weighted by Crippen LogP contribution is 2.43. The molecule has 1 fully saturated rings. The van der Waals surface area contributed by atoms with Crippen LogP contribution in [-0.4, -0.2) is 43.1 Å². The van der Waals surface area contributed by atoms with Gasteiger partial charge in [-0.25, -0.2) is 5.01 Å². The van der Waals surface area contributed by atoms with Crippen molar-refractivity contribution in [2.24, 2.45) is 5.10 Å². The Balaban J connectivity index is 2.18. The van der Waals surface area contributed by atoms with Crippen LogP contribution in [-0.2, 0) is 9.59 Å². The average molecular weight is 365 g/mol. The van der Waals surface area contributed by atoms with Crippen molar-refractivity contribution < 1.29 is 9.59 Å². The van der Waals surface area contributed by atoms with E-state index in [0.717, 1.165) is 0 Å². The molecule has 1 saturated heterocycles. The van der Waals surface area contributed by atoms with Gasteiger partial charge >= 0.3 is 0 Å². The van der Waals surface area contributed by atoms with Crippen LogP contribution in [0.25, 0.3) is 0 Å². The molecule has 1 atom stereocenters. The molecule has 3 rings (SSSR count). The molecule has 2 heterocycles. The predicted molar refractivity (Wildman–Crippen MR) is 95.2 cm³/mol. The average Bonchev–Trinajstić information content (AvgIpc) is 2.95. The van der Waals surface area contributed by atoms with Gasteiger partial charge in [-0.3, -0.25) is 19.4 Å². The molecule has 24 heavy (non-hydrogen) atoms. The Bertz CT molecular complexity index is 792. The van der Waals surface area contributed by atoms with Gasteiger partial charge in [-0.15, -0.1) is 0 Å². The van der Waals surface area contributed by atoms with Crippen LogP contribution in [0, 0.1) is 0 Å². The molecule has 0 aromatic heterocycles. The third-order valence-electron chi connectivity index (χ3n) is 4.23. The Morgan fingerprint density at radius 3 is 2.38 bits per heavy atom. The minimum atomic E-state index is -0.743. The Morgan fingerprint density at radius 2 is 1.83 bits per heavy atom. The first kappa shape index (κ1) is 16.9. The van der Waals surface area contributed by atoms with E-state index in [0.29, 0.717) is 21.5 Å². The second kappa shape index (κ2) is 5.53. The summed E-state index contributed by atoms with van der Waals surface area (Å²) in [5, 5.41) is 6.66. The van der Waals surface area contributed by atoms with Crippen molar-refractivity contribution >= 4 is 46.6 Å². The fraction of sp³-hybridized carbons (Fsp3) is 0.375. The maximum absolute atomic E-state index is 12.1. The van der Waals surface area contributed by atoms with E-state index in [1.165, 1.54) is 23.8 Å². The van der Waals surface area contributed by atoms with Gasteiger partial charge < -0.3 is 0 Å². The number of nitrogens with zero attached hydrogens (tertiary/aromatic N) is 4. The lowest BCUT2D eigenvalue weighted by Crippen LogP contribution is -2.47. The number of fused-ring (bicyclic) bond motifs is 1. The van der Waals surface area contributed by atoms with E-state index >= 15 is 0 Å². The highest BCUT2D eigenvalue weighted by molar-refractivity contribution is 7.80. The third kappa shape index (κ3) is 2.22. The highest BCUT2D eigenvalue weighted by Gasteiger charge is 2.56. The van der Waals surface area contributed by atoms with Gasteiger partial charge in [-0.2, -0.15) is 5.10 Å². The fourth-order valence-electron chi connectivity index (χ4n) is 3.22. The van der Waals surface area contributed by atoms with Gasteiger partial charge in [-0.1, -0.05) is 29.8 Å². The highest BCUT2D eigenvalue weighted by atomic mass is 35.5. The first-order valence-electron chi connectivity index (χ1n) is 7.45. The van der Waals surface area contributed by atoms with Crippen LogP contribution < -0.4 is 0 Å². The molecule has 126 valence electrons. The number of hydrogen-bond acceptors (Lipinski definition) is 4. The summed E-state index contributed by atoms with van der Waals surface area (Å²) in [6.45, 7) is 6.61. The number of rotatable bonds is 1. The summed E-state index contributed by atoms with van der Waals surface area (Å²) in [6.07, 6.45) is -0.595. The molecule has 0 N–H and O–H groups in total. The second-order valence-electron chi connectivity index (χ2n) is 6.25. The van der Waals surface area contributed by atoms with Gasteiger partial charge in [0.05, 0.1) is 0 Å². The van der Waals surface area contributed by atoms with Gasteiger partial charge in [0, 0.05) is 24.4 Å². The van der Waals surface area contributed by atoms with Gasteiger partial charge in [0.25, 0.3) is 0 Å². The summed E-state index contributed by atoms with van der Waals surface area (Å²) in [4.78, 5) is 27.5. The van der Waals surface area contributed by atoms with Crippen LogP contribution in [0.15, 0.2) is 29.4 Å². The van der Waals surface area contributed by atoms with E-state index in [1.807, 2.05) is 32.0 Å². The van der Waals surface area contributed by atoms with Gasteiger partial charge in [-0.05, 0) is 32.1 Å². The fourth-order valence-corrected chi connectivity index (χ4v) is 3.99. The summed E-state index contributed by atoms with van der Waals surface area (Å²) in [6, 6.07) is 7.23. The van der Waals surface area contributed by atoms with Crippen LogP contribution in [0.3, 0.4) is 0 Å². The van der Waals surface area contributed by atoms with Crippen molar-refractivity contribution in [2.45, 2.75) is 39.4 Å². The number of carbonyl (C=O) groups excluding carboxylic acids is 2. The van der Waals surface area contributed by atoms with Crippen molar-refractivity contribution in [3.63, 3.8) is 0 Å². The number of benzene rings is 1. The van der Waals surface area contributed by atoms with Crippen LogP contribution in [0.2, 0.25) is 5.02 Å². The molecule has 8 heteroatoms. The van der Waals surface area contributed by atoms with Crippen molar-refractivity contribution in [1.82, 2.24) is 14.8 Å². The normalized spacial score (nSPS) is 21.9. The molecule has 0 radical (unpaired) electrons. The smallest absolute Gasteiger partial charge is 0.241 e. The number of thiocarbonyl (C=S) groups is 1. The van der Waals surface area contributed by atoms with Crippen molar-refractivity contribution in [1.29, 1.82) is 0 Å². The zero-order valence-corrected chi connectivity index (χ0v) is 15.4. The van der Waals surface area contributed by atoms with Gasteiger partial charge in [0.2, 0.25) is 11.8 Å². The quantitative estimate of drug-likeness (QED) is 0.719. The van der Waals surface area contributed by atoms with E-state index in [1.54, 1.807) is 11.0 Å². The summed E-state index contributed by atoms with van der Waals surface area (Å²) >= 11 is 11.9. The number of amides is 2. The van der Waals surface area contributed by atoms with E-state index in [9.17, 15) is 9.59 Å². The largest absolute Gasteiger partial charge is 0.276 e. The Morgan fingerprint density at radius 1 is 1.21 bits per heavy atom. The molecule has 1 unspecified atom stereocenters. The Labute approximate surface area is 150 Å². The molecule has 0 spiro atoms. The first-order chi connectivity index (χ1) is 11.2. The standard InChI is InChI=1S/C16H17ClN4O2S/c1-9(22)20-15(24)19-13(11-7-5-6-8-12(11)17)21(10(2)23)18-14(19)16(20,3)4/h5-8,13H,1-4H3. The number of hydrazone groups is 1. The third-order valence-corrected chi connectivity index (χ3v) is 4.95. The molecule has 6 nitrogen and oxygen atoms in total. The molecular formula is C16H17ClN4O2S. The molecule has 0 saturated carbocycles. The SMILES string of the molecule is CC(=O)N1N=C2N(C(=S)N(C(C)=O)C2(C)C)C1c1ccccc1Cl. The lowest BCUT2D eigenvalue weighted by molar-refractivity contribution is -0.132. The minimum absolute atomic E-state index is 0.172. The lowest BCUT2D eigenvalue weighted by atomic mass is 10.0. The lowest BCUT2D eigenvalue weighted by Gasteiger charge is -2.31. The molecule has 1 aromatic rings. The minimum Gasteiger partial charge on any atom is -0.276 e. The second-order valence-corrected chi connectivity index (χ2v) is 7.02. The zero-order valence-electron chi connectivity index (χ0n) is 13.8. The summed E-state index contributed by atoms with van der Waals surface area (Å²) in [7, 11) is 0. The monoisotopic (exact) mass is 364 g/mol. The Hall–Kier alpha value is -1.99. The summed E-state index contributed by atoms with van der Waals surface area (Å²) in [5.74, 6) is 0.159. The molecule has 2 aliphatic rings. The van der Waals surface area contributed by atoms with E-state index < -0.39 is 11.7 Å². The molecular weight excluding hydrogens is 348 g/mol. The predicted octanol–water partition coefficient (Wildman–Crippen LogP) is 2.74.